The minimum absolute atomic E-state index is 0.0279. The van der Waals surface area contributed by atoms with E-state index >= 15 is 0 Å². The van der Waals surface area contributed by atoms with Crippen molar-refractivity contribution in [2.24, 2.45) is 0 Å². The Morgan fingerprint density at radius 3 is 2.71 bits per heavy atom. The van der Waals surface area contributed by atoms with Crippen LogP contribution in [-0.4, -0.2) is 6.61 Å². The lowest BCUT2D eigenvalue weighted by molar-refractivity contribution is -0.139. The predicted octanol–water partition coefficient (Wildman–Crippen LogP) is 2.64. The fraction of sp³-hybridized carbons (Fsp3) is 0.222. The molecule has 5 heteroatoms. The molecule has 0 N–H and O–H groups in total. The van der Waals surface area contributed by atoms with Crippen molar-refractivity contribution in [1.29, 1.82) is 0 Å². The van der Waals surface area contributed by atoms with Gasteiger partial charge >= 0.3 is 6.18 Å². The second kappa shape index (κ2) is 3.08. The van der Waals surface area contributed by atoms with Gasteiger partial charge in [0.15, 0.2) is 18.1 Å². The quantitative estimate of drug-likeness (QED) is 0.645. The lowest BCUT2D eigenvalue weighted by Gasteiger charge is -2.21. The standard InChI is InChI=1S/C9H6F3O2/c10-9(11,12)6-2-1-3-7-8(6)14-5-4-13-7/h1-4H,5H2. The summed E-state index contributed by atoms with van der Waals surface area (Å²) in [5.41, 5.74) is -0.803. The van der Waals surface area contributed by atoms with Crippen LogP contribution in [0.1, 0.15) is 5.56 Å². The molecule has 1 radical (unpaired) electrons. The van der Waals surface area contributed by atoms with Crippen molar-refractivity contribution in [3.8, 4) is 11.5 Å². The summed E-state index contributed by atoms with van der Waals surface area (Å²) in [5.74, 6) is -0.131. The SMILES string of the molecule is FC(F)(F)c1cccc2c1OC[CH]O2. The largest absolute Gasteiger partial charge is 0.485 e. The first-order valence-corrected chi connectivity index (χ1v) is 3.90. The molecule has 2 rings (SSSR count). The van der Waals surface area contributed by atoms with Crippen LogP contribution >= 0.6 is 0 Å². The van der Waals surface area contributed by atoms with E-state index in [-0.39, 0.29) is 18.1 Å². The van der Waals surface area contributed by atoms with Crippen LogP contribution in [-0.2, 0) is 6.18 Å². The Morgan fingerprint density at radius 1 is 1.21 bits per heavy atom. The van der Waals surface area contributed by atoms with Gasteiger partial charge in [0.1, 0.15) is 12.2 Å². The van der Waals surface area contributed by atoms with Crippen molar-refractivity contribution >= 4 is 0 Å². The maximum absolute atomic E-state index is 12.4. The van der Waals surface area contributed by atoms with Crippen molar-refractivity contribution in [3.05, 3.63) is 30.4 Å². The molecule has 14 heavy (non-hydrogen) atoms. The molecular formula is C9H6F3O2. The molecule has 2 nitrogen and oxygen atoms in total. The zero-order valence-corrected chi connectivity index (χ0v) is 6.97. The summed E-state index contributed by atoms with van der Waals surface area (Å²) in [5, 5.41) is 0. The molecule has 1 aliphatic heterocycles. The van der Waals surface area contributed by atoms with Crippen LogP contribution in [0.2, 0.25) is 0 Å². The van der Waals surface area contributed by atoms with Crippen molar-refractivity contribution in [2.75, 3.05) is 6.61 Å². The fourth-order valence-corrected chi connectivity index (χ4v) is 1.22. The third kappa shape index (κ3) is 1.49. The summed E-state index contributed by atoms with van der Waals surface area (Å²) in [6, 6.07) is 3.68. The number of rotatable bonds is 0. The number of hydrogen-bond donors (Lipinski definition) is 0. The van der Waals surface area contributed by atoms with Gasteiger partial charge in [-0.15, -0.1) is 0 Å². The monoisotopic (exact) mass is 203 g/mol. The van der Waals surface area contributed by atoms with E-state index in [1.54, 1.807) is 0 Å². The van der Waals surface area contributed by atoms with Gasteiger partial charge < -0.3 is 9.47 Å². The maximum Gasteiger partial charge on any atom is 0.420 e. The Hall–Kier alpha value is -1.39. The Labute approximate surface area is 78.2 Å². The molecule has 0 spiro atoms. The summed E-state index contributed by atoms with van der Waals surface area (Å²) >= 11 is 0. The third-order valence-electron chi connectivity index (χ3n) is 1.79. The number of para-hydroxylation sites is 1. The third-order valence-corrected chi connectivity index (χ3v) is 1.79. The van der Waals surface area contributed by atoms with Crippen molar-refractivity contribution in [1.82, 2.24) is 0 Å². The van der Waals surface area contributed by atoms with Crippen LogP contribution in [0.4, 0.5) is 13.2 Å². The van der Waals surface area contributed by atoms with Crippen LogP contribution in [0, 0.1) is 6.61 Å². The Balaban J connectivity index is 2.51. The van der Waals surface area contributed by atoms with E-state index in [4.69, 9.17) is 9.47 Å². The van der Waals surface area contributed by atoms with Crippen molar-refractivity contribution in [3.63, 3.8) is 0 Å². The molecule has 1 aliphatic rings. The zero-order valence-electron chi connectivity index (χ0n) is 6.97. The topological polar surface area (TPSA) is 18.5 Å². The normalized spacial score (nSPS) is 15.4. The van der Waals surface area contributed by atoms with Gasteiger partial charge in [0.25, 0.3) is 0 Å². The second-order valence-corrected chi connectivity index (χ2v) is 2.73. The van der Waals surface area contributed by atoms with E-state index in [0.29, 0.717) is 0 Å². The lowest BCUT2D eigenvalue weighted by atomic mass is 10.1. The van der Waals surface area contributed by atoms with Gasteiger partial charge in [-0.25, -0.2) is 0 Å². The number of fused-ring (bicyclic) bond motifs is 1. The van der Waals surface area contributed by atoms with Crippen molar-refractivity contribution < 1.29 is 22.6 Å². The first-order chi connectivity index (χ1) is 6.59. The van der Waals surface area contributed by atoms with Gasteiger partial charge in [0.2, 0.25) is 0 Å². The first kappa shape index (κ1) is 9.18. The minimum Gasteiger partial charge on any atom is -0.485 e. The summed E-state index contributed by atoms with van der Waals surface area (Å²) in [7, 11) is 0. The van der Waals surface area contributed by atoms with E-state index in [0.717, 1.165) is 6.07 Å². The van der Waals surface area contributed by atoms with Gasteiger partial charge in [-0.05, 0) is 12.1 Å². The summed E-state index contributed by atoms with van der Waals surface area (Å²) in [4.78, 5) is 0. The average Bonchev–Trinajstić information content (AvgIpc) is 2.15. The Kier molecular flexibility index (Phi) is 2.02. The molecular weight excluding hydrogens is 197 g/mol. The summed E-state index contributed by atoms with van der Waals surface area (Å²) in [6.45, 7) is 1.34. The molecule has 1 heterocycles. The van der Waals surface area contributed by atoms with Crippen LogP contribution in [0.5, 0.6) is 11.5 Å². The lowest BCUT2D eigenvalue weighted by Crippen LogP contribution is -2.15. The van der Waals surface area contributed by atoms with E-state index in [1.165, 1.54) is 18.7 Å². The fourth-order valence-electron chi connectivity index (χ4n) is 1.22. The van der Waals surface area contributed by atoms with Gasteiger partial charge in [-0.3, -0.25) is 0 Å². The summed E-state index contributed by atoms with van der Waals surface area (Å²) in [6.07, 6.45) is -4.41. The highest BCUT2D eigenvalue weighted by atomic mass is 19.4. The number of benzene rings is 1. The molecule has 0 atom stereocenters. The van der Waals surface area contributed by atoms with Gasteiger partial charge in [0, 0.05) is 0 Å². The molecule has 1 aromatic rings. The Morgan fingerprint density at radius 2 is 2.00 bits per heavy atom. The molecule has 1 aromatic carbocycles. The van der Waals surface area contributed by atoms with E-state index < -0.39 is 11.7 Å². The highest BCUT2D eigenvalue weighted by molar-refractivity contribution is 5.49. The predicted molar refractivity (Wildman–Crippen MR) is 41.9 cm³/mol. The summed E-state index contributed by atoms with van der Waals surface area (Å²) < 4.78 is 47.1. The average molecular weight is 203 g/mol. The van der Waals surface area contributed by atoms with Crippen LogP contribution in [0.3, 0.4) is 0 Å². The zero-order chi connectivity index (χ0) is 10.2. The molecule has 0 saturated heterocycles. The molecule has 0 unspecified atom stereocenters. The number of hydrogen-bond acceptors (Lipinski definition) is 2. The first-order valence-electron chi connectivity index (χ1n) is 3.90. The molecule has 0 aromatic heterocycles. The number of halogens is 3. The van der Waals surface area contributed by atoms with E-state index in [9.17, 15) is 13.2 Å². The number of ether oxygens (including phenoxy) is 2. The molecule has 0 aliphatic carbocycles. The maximum atomic E-state index is 12.4. The van der Waals surface area contributed by atoms with Crippen molar-refractivity contribution in [2.45, 2.75) is 6.18 Å². The molecule has 0 saturated carbocycles. The molecule has 75 valence electrons. The van der Waals surface area contributed by atoms with Crippen LogP contribution in [0.25, 0.3) is 0 Å². The molecule has 0 amide bonds. The minimum atomic E-state index is -4.41. The number of alkyl halides is 3. The van der Waals surface area contributed by atoms with E-state index in [1.807, 2.05) is 0 Å². The Bertz CT molecular complexity index is 346. The van der Waals surface area contributed by atoms with E-state index in [2.05, 4.69) is 0 Å². The second-order valence-electron chi connectivity index (χ2n) is 2.73. The van der Waals surface area contributed by atoms with Gasteiger partial charge in [-0.2, -0.15) is 13.2 Å². The van der Waals surface area contributed by atoms with Crippen LogP contribution < -0.4 is 9.47 Å². The van der Waals surface area contributed by atoms with Crippen LogP contribution in [0.15, 0.2) is 18.2 Å². The highest BCUT2D eigenvalue weighted by Gasteiger charge is 2.36. The molecule has 0 fully saturated rings. The molecule has 0 bridgehead atoms. The van der Waals surface area contributed by atoms with Gasteiger partial charge in [0.05, 0.1) is 0 Å². The smallest absolute Gasteiger partial charge is 0.420 e. The van der Waals surface area contributed by atoms with Gasteiger partial charge in [-0.1, -0.05) is 6.07 Å². The highest BCUT2D eigenvalue weighted by Crippen LogP contribution is 2.42.